The Morgan fingerprint density at radius 2 is 1.81 bits per heavy atom. The van der Waals surface area contributed by atoms with Gasteiger partial charge in [0.05, 0.1) is 7.11 Å². The van der Waals surface area contributed by atoms with E-state index in [0.717, 1.165) is 44.5 Å². The van der Waals surface area contributed by atoms with Gasteiger partial charge in [0.15, 0.2) is 0 Å². The largest absolute Gasteiger partial charge is 0.481 e. The van der Waals surface area contributed by atoms with Crippen LogP contribution in [0.3, 0.4) is 0 Å². The smallest absolute Gasteiger partial charge is 0.303 e. The molecule has 0 aliphatic rings. The van der Waals surface area contributed by atoms with E-state index in [-0.39, 0.29) is 6.42 Å². The standard InChI is InChI=1S/C30H33ClN2O4/c1-6-19(2)24-11-8-13-26(21(24)4)25-12-7-10-22(20(25)3)18-37-30-27(31)16-23(29(33-30)36-5)17-32-15-9-14-28(34)35/h6-8,10-13,16,32H,1-2,9,14-15,17-18H2,3-5H3,(H,34,35). The zero-order valence-corrected chi connectivity index (χ0v) is 22.3. The van der Waals surface area contributed by atoms with Crippen molar-refractivity contribution in [3.05, 3.63) is 94.5 Å². The van der Waals surface area contributed by atoms with Crippen LogP contribution in [0.2, 0.25) is 5.02 Å². The molecular weight excluding hydrogens is 488 g/mol. The minimum Gasteiger partial charge on any atom is -0.481 e. The molecule has 37 heavy (non-hydrogen) atoms. The lowest BCUT2D eigenvalue weighted by molar-refractivity contribution is -0.137. The van der Waals surface area contributed by atoms with Crippen LogP contribution in [0.25, 0.3) is 16.7 Å². The van der Waals surface area contributed by atoms with E-state index in [9.17, 15) is 4.79 Å². The number of nitrogens with zero attached hydrogens (tertiary/aromatic N) is 1. The highest BCUT2D eigenvalue weighted by molar-refractivity contribution is 6.31. The van der Waals surface area contributed by atoms with Crippen molar-refractivity contribution in [1.82, 2.24) is 10.3 Å². The first-order valence-electron chi connectivity index (χ1n) is 12.1. The molecule has 2 N–H and O–H groups in total. The third-order valence-corrected chi connectivity index (χ3v) is 6.53. The molecule has 2 aromatic carbocycles. The molecule has 6 nitrogen and oxygen atoms in total. The number of benzene rings is 2. The van der Waals surface area contributed by atoms with Crippen molar-refractivity contribution in [2.45, 2.75) is 39.8 Å². The first-order chi connectivity index (χ1) is 17.8. The second kappa shape index (κ2) is 13.1. The predicted octanol–water partition coefficient (Wildman–Crippen LogP) is 6.76. The normalized spacial score (nSPS) is 10.7. The average Bonchev–Trinajstić information content (AvgIpc) is 2.88. The molecule has 7 heteroatoms. The summed E-state index contributed by atoms with van der Waals surface area (Å²) in [7, 11) is 1.54. The number of hydrogen-bond acceptors (Lipinski definition) is 5. The van der Waals surface area contributed by atoms with Gasteiger partial charge in [0.25, 0.3) is 0 Å². The predicted molar refractivity (Wildman–Crippen MR) is 149 cm³/mol. The second-order valence-corrected chi connectivity index (χ2v) is 9.11. The minimum absolute atomic E-state index is 0.117. The summed E-state index contributed by atoms with van der Waals surface area (Å²) in [5.41, 5.74) is 8.28. The molecule has 0 spiro atoms. The van der Waals surface area contributed by atoms with E-state index in [4.69, 9.17) is 26.2 Å². The third kappa shape index (κ3) is 7.00. The number of methoxy groups -OCH3 is 1. The van der Waals surface area contributed by atoms with Crippen molar-refractivity contribution in [3.8, 4) is 22.9 Å². The van der Waals surface area contributed by atoms with Crippen molar-refractivity contribution in [2.24, 2.45) is 0 Å². The molecule has 0 saturated heterocycles. The number of halogens is 1. The number of rotatable bonds is 13. The molecule has 3 aromatic rings. The Kier molecular flexibility index (Phi) is 9.89. The number of allylic oxidation sites excluding steroid dienone is 2. The van der Waals surface area contributed by atoms with Gasteiger partial charge in [-0.25, -0.2) is 0 Å². The Balaban J connectivity index is 1.77. The number of carboxylic acids is 1. The zero-order chi connectivity index (χ0) is 26.9. The Bertz CT molecular complexity index is 1300. The van der Waals surface area contributed by atoms with Crippen molar-refractivity contribution < 1.29 is 19.4 Å². The fourth-order valence-corrected chi connectivity index (χ4v) is 4.38. The fraction of sp³-hybridized carbons (Fsp3) is 0.267. The second-order valence-electron chi connectivity index (χ2n) is 8.70. The molecule has 0 saturated carbocycles. The van der Waals surface area contributed by atoms with Crippen LogP contribution in [0.15, 0.2) is 61.7 Å². The Morgan fingerprint density at radius 1 is 1.11 bits per heavy atom. The van der Waals surface area contributed by atoms with Gasteiger partial charge in [-0.3, -0.25) is 4.79 Å². The monoisotopic (exact) mass is 520 g/mol. The van der Waals surface area contributed by atoms with E-state index in [1.807, 2.05) is 18.2 Å². The first kappa shape index (κ1) is 28.0. The molecule has 1 aromatic heterocycles. The fourth-order valence-electron chi connectivity index (χ4n) is 4.15. The van der Waals surface area contributed by atoms with E-state index < -0.39 is 5.97 Å². The average molecular weight is 521 g/mol. The highest BCUT2D eigenvalue weighted by Crippen LogP contribution is 2.34. The van der Waals surface area contributed by atoms with Crippen molar-refractivity contribution in [2.75, 3.05) is 13.7 Å². The van der Waals surface area contributed by atoms with E-state index >= 15 is 0 Å². The summed E-state index contributed by atoms with van der Waals surface area (Å²) in [4.78, 5) is 15.1. The Morgan fingerprint density at radius 3 is 2.49 bits per heavy atom. The molecule has 3 rings (SSSR count). The number of carboxylic acid groups (broad SMARTS) is 1. The van der Waals surface area contributed by atoms with Gasteiger partial charge in [-0.1, -0.05) is 67.2 Å². The molecule has 0 fully saturated rings. The molecular formula is C30H33ClN2O4. The number of aromatic nitrogens is 1. The van der Waals surface area contributed by atoms with Crippen LogP contribution >= 0.6 is 11.6 Å². The summed E-state index contributed by atoms with van der Waals surface area (Å²) >= 11 is 6.49. The van der Waals surface area contributed by atoms with Crippen molar-refractivity contribution in [1.29, 1.82) is 0 Å². The zero-order valence-electron chi connectivity index (χ0n) is 21.6. The summed E-state index contributed by atoms with van der Waals surface area (Å²) in [6, 6.07) is 14.1. The highest BCUT2D eigenvalue weighted by atomic mass is 35.5. The minimum atomic E-state index is -0.811. The van der Waals surface area contributed by atoms with Crippen LogP contribution < -0.4 is 14.8 Å². The van der Waals surface area contributed by atoms with E-state index in [2.05, 4.69) is 55.5 Å². The van der Waals surface area contributed by atoms with E-state index in [0.29, 0.717) is 42.9 Å². The van der Waals surface area contributed by atoms with Crippen LogP contribution in [0, 0.1) is 13.8 Å². The number of pyridine rings is 1. The molecule has 1 heterocycles. The molecule has 0 atom stereocenters. The highest BCUT2D eigenvalue weighted by Gasteiger charge is 2.15. The summed E-state index contributed by atoms with van der Waals surface area (Å²) in [6.07, 6.45) is 2.42. The molecule has 194 valence electrons. The number of hydrogen-bond donors (Lipinski definition) is 2. The van der Waals surface area contributed by atoms with Crippen LogP contribution in [-0.4, -0.2) is 29.7 Å². The van der Waals surface area contributed by atoms with Crippen molar-refractivity contribution >= 4 is 23.1 Å². The first-order valence-corrected chi connectivity index (χ1v) is 12.4. The van der Waals surface area contributed by atoms with E-state index in [1.165, 1.54) is 0 Å². The maximum absolute atomic E-state index is 10.7. The van der Waals surface area contributed by atoms with Gasteiger partial charge in [-0.05, 0) is 71.8 Å². The maximum Gasteiger partial charge on any atom is 0.303 e. The number of carbonyl (C=O) groups is 1. The van der Waals surface area contributed by atoms with Gasteiger partial charge in [0.1, 0.15) is 11.6 Å². The quantitative estimate of drug-likeness (QED) is 0.191. The van der Waals surface area contributed by atoms with Gasteiger partial charge in [0.2, 0.25) is 11.8 Å². The topological polar surface area (TPSA) is 80.7 Å². The number of aliphatic carboxylic acids is 1. The molecule has 0 radical (unpaired) electrons. The van der Waals surface area contributed by atoms with Gasteiger partial charge in [0, 0.05) is 18.5 Å². The van der Waals surface area contributed by atoms with Gasteiger partial charge in [-0.15, -0.1) is 0 Å². The van der Waals surface area contributed by atoms with Crippen LogP contribution in [0.5, 0.6) is 11.8 Å². The maximum atomic E-state index is 10.7. The summed E-state index contributed by atoms with van der Waals surface area (Å²) in [6.45, 7) is 13.4. The molecule has 0 bridgehead atoms. The van der Waals surface area contributed by atoms with Gasteiger partial charge < -0.3 is 19.9 Å². The summed E-state index contributed by atoms with van der Waals surface area (Å²) in [5.74, 6) is -0.113. The van der Waals surface area contributed by atoms with Crippen LogP contribution in [0.1, 0.15) is 40.7 Å². The van der Waals surface area contributed by atoms with E-state index in [1.54, 1.807) is 19.3 Å². The van der Waals surface area contributed by atoms with Crippen LogP contribution in [-0.2, 0) is 17.9 Å². The molecule has 0 unspecified atom stereocenters. The SMILES string of the molecule is C=CC(=C)c1cccc(-c2cccc(COc3nc(OC)c(CNCCCC(=O)O)cc3Cl)c2C)c1C. The summed E-state index contributed by atoms with van der Waals surface area (Å²) < 4.78 is 11.5. The van der Waals surface area contributed by atoms with Crippen LogP contribution in [0.4, 0.5) is 0 Å². The van der Waals surface area contributed by atoms with Gasteiger partial charge >= 0.3 is 5.97 Å². The number of ether oxygens (including phenoxy) is 2. The number of nitrogens with one attached hydrogen (secondary N) is 1. The Hall–Kier alpha value is -3.61. The summed E-state index contributed by atoms with van der Waals surface area (Å²) in [5, 5.41) is 12.3. The lowest BCUT2D eigenvalue weighted by atomic mass is 9.90. The Labute approximate surface area is 223 Å². The lowest BCUT2D eigenvalue weighted by Crippen LogP contribution is -2.16. The van der Waals surface area contributed by atoms with Crippen molar-refractivity contribution in [3.63, 3.8) is 0 Å². The van der Waals surface area contributed by atoms with Gasteiger partial charge in [-0.2, -0.15) is 4.98 Å². The molecule has 0 aliphatic carbocycles. The molecule has 0 amide bonds. The lowest BCUT2D eigenvalue weighted by Gasteiger charge is -2.17. The molecule has 0 aliphatic heterocycles. The third-order valence-electron chi connectivity index (χ3n) is 6.26.